The molecule has 0 aromatic carbocycles. The van der Waals surface area contributed by atoms with Crippen LogP contribution in [0.15, 0.2) is 0 Å². The van der Waals surface area contributed by atoms with Crippen LogP contribution in [0.25, 0.3) is 0 Å². The SMILES string of the molecule is CC(C)CCCCC[S+](CCCCCC(C)C)CC(=O)[O-].CC(C)CCCCC[S+](CCCCCC(C)C)CC(=O)[O-].[CH3][Sn+2][CH3]. The van der Waals surface area contributed by atoms with Crippen molar-refractivity contribution in [3.63, 3.8) is 0 Å². The van der Waals surface area contributed by atoms with E-state index in [-0.39, 0.29) is 54.4 Å². The Morgan fingerprint density at radius 2 is 0.644 bits per heavy atom. The van der Waals surface area contributed by atoms with Crippen LogP contribution in [-0.4, -0.2) is 67.6 Å². The molecule has 0 radical (unpaired) electrons. The summed E-state index contributed by atoms with van der Waals surface area (Å²) in [6.07, 6.45) is 20.1. The third kappa shape index (κ3) is 48.9. The minimum absolute atomic E-state index is 0.0550. The molecule has 268 valence electrons. The Hall–Kier alpha value is 0.439. The van der Waals surface area contributed by atoms with Crippen LogP contribution in [-0.2, 0) is 31.4 Å². The van der Waals surface area contributed by atoms with Gasteiger partial charge in [0.2, 0.25) is 0 Å². The van der Waals surface area contributed by atoms with Gasteiger partial charge in [-0.05, 0) is 96.8 Å². The van der Waals surface area contributed by atoms with Gasteiger partial charge in [-0.3, -0.25) is 0 Å². The van der Waals surface area contributed by atoms with Crippen LogP contribution in [0.2, 0.25) is 9.88 Å². The molecule has 0 saturated carbocycles. The summed E-state index contributed by atoms with van der Waals surface area (Å²) in [6, 6.07) is 0. The number of hydrogen-bond acceptors (Lipinski definition) is 4. The van der Waals surface area contributed by atoms with Crippen molar-refractivity contribution in [2.45, 2.75) is 168 Å². The first kappa shape index (κ1) is 49.8. The first-order valence-electron chi connectivity index (χ1n) is 18.5. The summed E-state index contributed by atoms with van der Waals surface area (Å²) in [5.41, 5.74) is 0. The number of hydrogen-bond donors (Lipinski definition) is 0. The monoisotopic (exact) mass is 782 g/mol. The summed E-state index contributed by atoms with van der Waals surface area (Å²) < 4.78 is 0. The van der Waals surface area contributed by atoms with Crippen LogP contribution in [0.5, 0.6) is 0 Å². The van der Waals surface area contributed by atoms with E-state index in [1.807, 2.05) is 0 Å². The molecule has 0 saturated heterocycles. The number of aliphatic carboxylic acids is 2. The third-order valence-electron chi connectivity index (χ3n) is 7.50. The van der Waals surface area contributed by atoms with Gasteiger partial charge in [0.15, 0.2) is 0 Å². The molecule has 0 heterocycles. The predicted octanol–water partition coefficient (Wildman–Crippen LogP) is 8.36. The topological polar surface area (TPSA) is 80.3 Å². The Kier molecular flexibility index (Phi) is 41.3. The van der Waals surface area contributed by atoms with E-state index in [1.165, 1.54) is 103 Å². The van der Waals surface area contributed by atoms with E-state index in [1.54, 1.807) is 0 Å². The average molecular weight is 782 g/mol. The van der Waals surface area contributed by atoms with Crippen molar-refractivity contribution in [2.75, 3.05) is 34.5 Å². The first-order chi connectivity index (χ1) is 21.2. The van der Waals surface area contributed by atoms with Crippen LogP contribution >= 0.6 is 0 Å². The van der Waals surface area contributed by atoms with Gasteiger partial charge in [0, 0.05) is 0 Å². The molecule has 0 aromatic heterocycles. The summed E-state index contributed by atoms with van der Waals surface area (Å²) >= 11 is 0.230. The Morgan fingerprint density at radius 1 is 0.444 bits per heavy atom. The maximum absolute atomic E-state index is 10.9. The second kappa shape index (κ2) is 37.3. The predicted molar refractivity (Wildman–Crippen MR) is 205 cm³/mol. The quantitative estimate of drug-likeness (QED) is 0.0454. The van der Waals surface area contributed by atoms with Gasteiger partial charge in [-0.1, -0.05) is 107 Å². The van der Waals surface area contributed by atoms with Crippen molar-refractivity contribution in [1.29, 1.82) is 0 Å². The van der Waals surface area contributed by atoms with Gasteiger partial charge in [-0.25, -0.2) is 0 Å². The van der Waals surface area contributed by atoms with Crippen molar-refractivity contribution >= 4 is 54.9 Å². The zero-order valence-corrected chi connectivity index (χ0v) is 36.3. The van der Waals surface area contributed by atoms with E-state index in [0.29, 0.717) is 0 Å². The molecule has 0 aliphatic carbocycles. The molecular weight excluding hydrogens is 703 g/mol. The molecule has 0 bridgehead atoms. The molecule has 0 rings (SSSR count). The van der Waals surface area contributed by atoms with Gasteiger partial charge in [0.1, 0.15) is 34.5 Å². The third-order valence-corrected chi connectivity index (χ3v) is 12.3. The van der Waals surface area contributed by atoms with Crippen LogP contribution in [0.4, 0.5) is 0 Å². The number of carbonyl (C=O) groups excluding carboxylic acids is 2. The summed E-state index contributed by atoms with van der Waals surface area (Å²) in [7, 11) is 0.110. The second-order valence-corrected chi connectivity index (χ2v) is 22.1. The fourth-order valence-corrected chi connectivity index (χ4v) is 9.07. The number of carboxylic acid groups (broad SMARTS) is 2. The van der Waals surface area contributed by atoms with Gasteiger partial charge in [-0.2, -0.15) is 0 Å². The van der Waals surface area contributed by atoms with Crippen molar-refractivity contribution < 1.29 is 19.8 Å². The molecule has 0 aliphatic heterocycles. The molecule has 0 aliphatic rings. The number of carboxylic acids is 2. The zero-order valence-electron chi connectivity index (χ0n) is 31.8. The summed E-state index contributed by atoms with van der Waals surface area (Å²) in [5.74, 6) is 6.37. The van der Waals surface area contributed by atoms with Gasteiger partial charge < -0.3 is 19.8 Å². The van der Waals surface area contributed by atoms with E-state index in [0.717, 1.165) is 46.7 Å². The molecule has 7 heteroatoms. The zero-order chi connectivity index (χ0) is 34.9. The molecule has 45 heavy (non-hydrogen) atoms. The minimum atomic E-state index is -0.859. The van der Waals surface area contributed by atoms with E-state index in [2.05, 4.69) is 65.3 Å². The molecule has 0 amide bonds. The van der Waals surface area contributed by atoms with Gasteiger partial charge in [-0.15, -0.1) is 0 Å². The van der Waals surface area contributed by atoms with Crippen LogP contribution in [0.3, 0.4) is 0 Å². The first-order valence-corrected chi connectivity index (χ1v) is 27.7. The summed E-state index contributed by atoms with van der Waals surface area (Å²) in [6.45, 7) is 18.1. The standard InChI is InChI=1S/2C18H36O2S.2CH3.Sn/c2*1-16(2)11-7-5-9-13-21(15-18(19)20)14-10-6-8-12-17(3)4;;;/h2*16-17H,5-15H2,1-4H3;2*1H3;/q;;;;+2. The maximum atomic E-state index is 10.9. The number of unbranched alkanes of at least 4 members (excludes halogenated alkanes) is 8. The summed E-state index contributed by atoms with van der Waals surface area (Å²) in [4.78, 5) is 26.3. The van der Waals surface area contributed by atoms with E-state index in [4.69, 9.17) is 0 Å². The van der Waals surface area contributed by atoms with Gasteiger partial charge in [0.25, 0.3) is 0 Å². The Morgan fingerprint density at radius 3 is 0.800 bits per heavy atom. The molecule has 0 aromatic rings. The number of rotatable bonds is 28. The van der Waals surface area contributed by atoms with E-state index < -0.39 is 11.9 Å². The van der Waals surface area contributed by atoms with E-state index >= 15 is 0 Å². The van der Waals surface area contributed by atoms with Gasteiger partial charge >= 0.3 is 31.0 Å². The Labute approximate surface area is 299 Å². The summed E-state index contributed by atoms with van der Waals surface area (Å²) in [5, 5.41) is 21.7. The Bertz CT molecular complexity index is 541. The fourth-order valence-electron chi connectivity index (χ4n) is 4.97. The molecule has 0 unspecified atom stereocenters. The second-order valence-electron chi connectivity index (χ2n) is 14.5. The average Bonchev–Trinajstić information content (AvgIpc) is 2.91. The van der Waals surface area contributed by atoms with Gasteiger partial charge in [0.05, 0.1) is 11.9 Å². The van der Waals surface area contributed by atoms with Crippen LogP contribution < -0.4 is 10.2 Å². The van der Waals surface area contributed by atoms with Crippen molar-refractivity contribution in [3.05, 3.63) is 0 Å². The normalized spacial score (nSPS) is 11.2. The van der Waals surface area contributed by atoms with Crippen molar-refractivity contribution in [3.8, 4) is 0 Å². The molecular formula is C38H78O4S2Sn+2. The van der Waals surface area contributed by atoms with Crippen molar-refractivity contribution in [2.24, 2.45) is 23.7 Å². The molecule has 0 N–H and O–H groups in total. The Balaban J connectivity index is -0.000000720. The number of carbonyl (C=O) groups is 2. The van der Waals surface area contributed by atoms with E-state index in [9.17, 15) is 19.8 Å². The van der Waals surface area contributed by atoms with Crippen LogP contribution in [0, 0.1) is 23.7 Å². The van der Waals surface area contributed by atoms with Crippen LogP contribution in [0.1, 0.15) is 158 Å². The molecule has 0 spiro atoms. The molecule has 4 nitrogen and oxygen atoms in total. The van der Waals surface area contributed by atoms with Crippen molar-refractivity contribution in [1.82, 2.24) is 0 Å². The molecule has 0 atom stereocenters. The molecule has 0 fully saturated rings. The fraction of sp³-hybridized carbons (Fsp3) is 0.947.